The summed E-state index contributed by atoms with van der Waals surface area (Å²) in [5.74, 6) is 0. The molecule has 0 radical (unpaired) electrons. The first-order valence-electron chi connectivity index (χ1n) is 5.93. The summed E-state index contributed by atoms with van der Waals surface area (Å²) in [5, 5.41) is 0. The second-order valence-electron chi connectivity index (χ2n) is 4.25. The van der Waals surface area contributed by atoms with Gasteiger partial charge in [-0.2, -0.15) is 0 Å². The topological polar surface area (TPSA) is 29.3 Å². The normalized spacial score (nSPS) is 10.6. The molecular formula is C14H17BrN2S. The van der Waals surface area contributed by atoms with Crippen LogP contribution in [-0.4, -0.2) is 13.6 Å². The van der Waals surface area contributed by atoms with Crippen molar-refractivity contribution in [1.82, 2.24) is 0 Å². The number of hydrogen-bond donors (Lipinski definition) is 1. The lowest BCUT2D eigenvalue weighted by Crippen LogP contribution is -2.19. The third-order valence-corrected chi connectivity index (χ3v) is 4.62. The average Bonchev–Trinajstić information content (AvgIpc) is 2.82. The molecule has 0 aliphatic heterocycles. The minimum absolute atomic E-state index is 0.604. The highest BCUT2D eigenvalue weighted by molar-refractivity contribution is 9.11. The molecule has 0 aliphatic carbocycles. The van der Waals surface area contributed by atoms with E-state index in [4.69, 9.17) is 5.73 Å². The molecule has 0 aliphatic rings. The molecule has 0 unspecified atom stereocenters. The van der Waals surface area contributed by atoms with Gasteiger partial charge in [0.15, 0.2) is 0 Å². The summed E-state index contributed by atoms with van der Waals surface area (Å²) in [4.78, 5) is 3.68. The molecule has 0 saturated heterocycles. The summed E-state index contributed by atoms with van der Waals surface area (Å²) in [7, 11) is 2.13. The number of nitrogens with two attached hydrogens (primary N) is 1. The lowest BCUT2D eigenvalue weighted by atomic mass is 10.2. The van der Waals surface area contributed by atoms with E-state index in [9.17, 15) is 0 Å². The Labute approximate surface area is 121 Å². The molecule has 0 fully saturated rings. The van der Waals surface area contributed by atoms with E-state index in [1.54, 1.807) is 11.3 Å². The minimum atomic E-state index is 0.604. The van der Waals surface area contributed by atoms with Gasteiger partial charge in [0.25, 0.3) is 0 Å². The van der Waals surface area contributed by atoms with Crippen LogP contribution in [0.3, 0.4) is 0 Å². The molecule has 1 aromatic heterocycles. The second kappa shape index (κ2) is 6.36. The third kappa shape index (κ3) is 3.57. The molecule has 96 valence electrons. The van der Waals surface area contributed by atoms with E-state index in [-0.39, 0.29) is 0 Å². The van der Waals surface area contributed by atoms with E-state index in [2.05, 4.69) is 64.3 Å². The second-order valence-corrected chi connectivity index (χ2v) is 6.80. The molecule has 0 saturated carbocycles. The van der Waals surface area contributed by atoms with Gasteiger partial charge in [0, 0.05) is 30.7 Å². The maximum Gasteiger partial charge on any atom is 0.0701 e. The van der Waals surface area contributed by atoms with Crippen LogP contribution in [0.15, 0.2) is 40.2 Å². The molecule has 0 spiro atoms. The molecule has 0 bridgehead atoms. The number of nitrogens with zero attached hydrogens (tertiary/aromatic N) is 1. The van der Waals surface area contributed by atoms with E-state index >= 15 is 0 Å². The minimum Gasteiger partial charge on any atom is -0.374 e. The van der Waals surface area contributed by atoms with Crippen molar-refractivity contribution in [2.24, 2.45) is 5.73 Å². The van der Waals surface area contributed by atoms with Crippen molar-refractivity contribution >= 4 is 33.0 Å². The van der Waals surface area contributed by atoms with Crippen LogP contribution < -0.4 is 10.6 Å². The van der Waals surface area contributed by atoms with Crippen molar-refractivity contribution in [2.75, 3.05) is 18.5 Å². The first-order valence-corrected chi connectivity index (χ1v) is 7.54. The van der Waals surface area contributed by atoms with E-state index in [1.807, 2.05) is 0 Å². The van der Waals surface area contributed by atoms with E-state index < -0.39 is 0 Å². The van der Waals surface area contributed by atoms with Crippen molar-refractivity contribution in [3.05, 3.63) is 50.6 Å². The predicted octanol–water partition coefficient (Wildman–Crippen LogP) is 3.65. The van der Waals surface area contributed by atoms with Crippen molar-refractivity contribution in [2.45, 2.75) is 13.0 Å². The summed E-state index contributed by atoms with van der Waals surface area (Å²) < 4.78 is 1.20. The molecule has 0 amide bonds. The monoisotopic (exact) mass is 324 g/mol. The number of benzene rings is 1. The van der Waals surface area contributed by atoms with Crippen LogP contribution in [-0.2, 0) is 13.0 Å². The van der Waals surface area contributed by atoms with Gasteiger partial charge < -0.3 is 10.6 Å². The maximum atomic E-state index is 5.60. The van der Waals surface area contributed by atoms with Crippen LogP contribution in [0.25, 0.3) is 0 Å². The molecule has 4 heteroatoms. The Morgan fingerprint density at radius 1 is 1.17 bits per heavy atom. The van der Waals surface area contributed by atoms with Crippen LogP contribution in [0.4, 0.5) is 5.69 Å². The van der Waals surface area contributed by atoms with Gasteiger partial charge in [0.1, 0.15) is 0 Å². The molecule has 2 rings (SSSR count). The largest absolute Gasteiger partial charge is 0.374 e. The molecule has 1 heterocycles. The van der Waals surface area contributed by atoms with Gasteiger partial charge in [0.05, 0.1) is 3.79 Å². The van der Waals surface area contributed by atoms with Gasteiger partial charge in [0.2, 0.25) is 0 Å². The highest BCUT2D eigenvalue weighted by Crippen LogP contribution is 2.23. The number of rotatable bonds is 5. The van der Waals surface area contributed by atoms with Crippen LogP contribution >= 0.6 is 27.3 Å². The van der Waals surface area contributed by atoms with Crippen molar-refractivity contribution < 1.29 is 0 Å². The van der Waals surface area contributed by atoms with E-state index in [1.165, 1.54) is 19.9 Å². The van der Waals surface area contributed by atoms with Gasteiger partial charge in [-0.15, -0.1) is 11.3 Å². The zero-order chi connectivity index (χ0) is 13.0. The number of anilines is 1. The Balaban J connectivity index is 1.92. The molecule has 2 N–H and O–H groups in total. The van der Waals surface area contributed by atoms with Crippen LogP contribution in [0.2, 0.25) is 0 Å². The summed E-state index contributed by atoms with van der Waals surface area (Å²) in [5.41, 5.74) is 8.01. The highest BCUT2D eigenvalue weighted by Gasteiger charge is 2.03. The number of likely N-dealkylation sites (N-methyl/N-ethyl adjacent to an activating group) is 1. The van der Waals surface area contributed by atoms with Gasteiger partial charge in [-0.25, -0.2) is 0 Å². The highest BCUT2D eigenvalue weighted by atomic mass is 79.9. The van der Waals surface area contributed by atoms with Gasteiger partial charge in [-0.3, -0.25) is 0 Å². The lowest BCUT2D eigenvalue weighted by Gasteiger charge is -2.19. The summed E-state index contributed by atoms with van der Waals surface area (Å²) in [6.07, 6.45) is 1.07. The standard InChI is InChI=1S/C14H17BrN2S/c1-17(9-8-13-6-7-14(15)18-13)12-4-2-11(10-16)3-5-12/h2-7H,8-10,16H2,1H3. The number of thiophene rings is 1. The quantitative estimate of drug-likeness (QED) is 0.909. The molecule has 18 heavy (non-hydrogen) atoms. The summed E-state index contributed by atoms with van der Waals surface area (Å²) >= 11 is 5.30. The fourth-order valence-corrected chi connectivity index (χ4v) is 3.25. The lowest BCUT2D eigenvalue weighted by molar-refractivity contribution is 0.886. The van der Waals surface area contributed by atoms with Crippen molar-refractivity contribution in [3.8, 4) is 0 Å². The summed E-state index contributed by atoms with van der Waals surface area (Å²) in [6, 6.07) is 12.7. The number of halogens is 1. The first-order chi connectivity index (χ1) is 8.69. The molecular weight excluding hydrogens is 308 g/mol. The summed E-state index contributed by atoms with van der Waals surface area (Å²) in [6.45, 7) is 1.63. The smallest absolute Gasteiger partial charge is 0.0701 e. The Bertz CT molecular complexity index is 493. The third-order valence-electron chi connectivity index (χ3n) is 2.94. The molecule has 0 atom stereocenters. The molecule has 2 nitrogen and oxygen atoms in total. The van der Waals surface area contributed by atoms with Gasteiger partial charge >= 0.3 is 0 Å². The molecule has 2 aromatic rings. The zero-order valence-electron chi connectivity index (χ0n) is 10.4. The Morgan fingerprint density at radius 3 is 2.44 bits per heavy atom. The number of hydrogen-bond acceptors (Lipinski definition) is 3. The van der Waals surface area contributed by atoms with Crippen molar-refractivity contribution in [1.29, 1.82) is 0 Å². The predicted molar refractivity (Wildman–Crippen MR) is 83.3 cm³/mol. The Kier molecular flexibility index (Phi) is 4.80. The van der Waals surface area contributed by atoms with Crippen LogP contribution in [0.5, 0.6) is 0 Å². The fourth-order valence-electron chi connectivity index (χ4n) is 1.78. The maximum absolute atomic E-state index is 5.60. The van der Waals surface area contributed by atoms with E-state index in [0.717, 1.165) is 13.0 Å². The van der Waals surface area contributed by atoms with Gasteiger partial charge in [-0.05, 0) is 52.2 Å². The average molecular weight is 325 g/mol. The van der Waals surface area contributed by atoms with Crippen LogP contribution in [0.1, 0.15) is 10.4 Å². The van der Waals surface area contributed by atoms with E-state index in [0.29, 0.717) is 6.54 Å². The zero-order valence-corrected chi connectivity index (χ0v) is 12.8. The van der Waals surface area contributed by atoms with Crippen LogP contribution in [0, 0.1) is 0 Å². The fraction of sp³-hybridized carbons (Fsp3) is 0.286. The first kappa shape index (κ1) is 13.6. The Morgan fingerprint density at radius 2 is 1.89 bits per heavy atom. The Hall–Kier alpha value is -0.840. The van der Waals surface area contributed by atoms with Gasteiger partial charge in [-0.1, -0.05) is 12.1 Å². The SMILES string of the molecule is CN(CCc1ccc(Br)s1)c1ccc(CN)cc1. The molecule has 1 aromatic carbocycles. The van der Waals surface area contributed by atoms with Crippen molar-refractivity contribution in [3.63, 3.8) is 0 Å².